The van der Waals surface area contributed by atoms with Gasteiger partial charge in [-0.25, -0.2) is 4.79 Å². The molecule has 1 aliphatic rings. The molecule has 1 amide bonds. The van der Waals surface area contributed by atoms with Crippen molar-refractivity contribution < 1.29 is 14.3 Å². The molecule has 4 nitrogen and oxygen atoms in total. The fourth-order valence-corrected chi connectivity index (χ4v) is 1.58. The summed E-state index contributed by atoms with van der Waals surface area (Å²) in [6, 6.07) is 5.14. The number of benzene rings is 1. The molecule has 1 N–H and O–H groups in total. The quantitative estimate of drug-likeness (QED) is 0.814. The molecule has 1 saturated carbocycles. The van der Waals surface area contributed by atoms with E-state index in [0.29, 0.717) is 11.3 Å². The van der Waals surface area contributed by atoms with E-state index in [2.05, 4.69) is 10.1 Å². The Morgan fingerprint density at radius 1 is 1.35 bits per heavy atom. The predicted molar refractivity (Wildman–Crippen MR) is 63.9 cm³/mol. The lowest BCUT2D eigenvalue weighted by molar-refractivity contribution is -0.117. The Morgan fingerprint density at radius 3 is 2.65 bits per heavy atom. The molecule has 1 aromatic carbocycles. The molecule has 17 heavy (non-hydrogen) atoms. The molecule has 0 radical (unpaired) electrons. The molecule has 1 aromatic rings. The minimum atomic E-state index is -0.396. The molecule has 0 atom stereocenters. The van der Waals surface area contributed by atoms with Crippen LogP contribution >= 0.6 is 0 Å². The van der Waals surface area contributed by atoms with Gasteiger partial charge in [-0.05, 0) is 37.5 Å². The summed E-state index contributed by atoms with van der Waals surface area (Å²) in [4.78, 5) is 23.0. The minimum absolute atomic E-state index is 0.0371. The molecule has 1 fully saturated rings. The summed E-state index contributed by atoms with van der Waals surface area (Å²) >= 11 is 0. The fourth-order valence-electron chi connectivity index (χ4n) is 1.58. The highest BCUT2D eigenvalue weighted by atomic mass is 16.5. The molecule has 4 heteroatoms. The molecule has 90 valence electrons. The Hall–Kier alpha value is -1.84. The van der Waals surface area contributed by atoms with Crippen molar-refractivity contribution in [3.63, 3.8) is 0 Å². The number of carbonyl (C=O) groups excluding carboxylic acids is 2. The van der Waals surface area contributed by atoms with Crippen molar-refractivity contribution in [1.29, 1.82) is 0 Å². The predicted octanol–water partition coefficient (Wildman–Crippen LogP) is 2.13. The average Bonchev–Trinajstić information content (AvgIpc) is 3.14. The fraction of sp³-hybridized carbons (Fsp3) is 0.385. The lowest BCUT2D eigenvalue weighted by Gasteiger charge is -2.09. The van der Waals surface area contributed by atoms with E-state index >= 15 is 0 Å². The zero-order chi connectivity index (χ0) is 12.4. The summed E-state index contributed by atoms with van der Waals surface area (Å²) in [5.74, 6) is -0.210. The van der Waals surface area contributed by atoms with Crippen molar-refractivity contribution in [3.05, 3.63) is 29.3 Å². The SMILES string of the molecule is COC(=O)c1ccc(C)c(NC(=O)C2CC2)c1. The topological polar surface area (TPSA) is 55.4 Å². The van der Waals surface area contributed by atoms with Crippen molar-refractivity contribution in [2.45, 2.75) is 19.8 Å². The molecule has 0 heterocycles. The van der Waals surface area contributed by atoms with Gasteiger partial charge in [0.05, 0.1) is 12.7 Å². The Morgan fingerprint density at radius 2 is 2.06 bits per heavy atom. The summed E-state index contributed by atoms with van der Waals surface area (Å²) in [5.41, 5.74) is 2.07. The van der Waals surface area contributed by atoms with Crippen LogP contribution in [0.2, 0.25) is 0 Å². The first-order chi connectivity index (χ1) is 8.11. The lowest BCUT2D eigenvalue weighted by Crippen LogP contribution is -2.14. The van der Waals surface area contributed by atoms with Crippen LogP contribution in [-0.4, -0.2) is 19.0 Å². The van der Waals surface area contributed by atoms with E-state index in [1.165, 1.54) is 7.11 Å². The molecule has 0 saturated heterocycles. The maximum Gasteiger partial charge on any atom is 0.337 e. The number of nitrogens with one attached hydrogen (secondary N) is 1. The minimum Gasteiger partial charge on any atom is -0.465 e. The number of esters is 1. The third kappa shape index (κ3) is 2.64. The van der Waals surface area contributed by atoms with Crippen LogP contribution < -0.4 is 5.32 Å². The van der Waals surface area contributed by atoms with Gasteiger partial charge < -0.3 is 10.1 Å². The molecular formula is C13H15NO3. The van der Waals surface area contributed by atoms with Gasteiger partial charge >= 0.3 is 5.97 Å². The first-order valence-corrected chi connectivity index (χ1v) is 5.61. The zero-order valence-electron chi connectivity index (χ0n) is 9.95. The molecule has 1 aliphatic carbocycles. The van der Waals surface area contributed by atoms with Crippen molar-refractivity contribution in [2.24, 2.45) is 5.92 Å². The van der Waals surface area contributed by atoms with Gasteiger partial charge in [0.25, 0.3) is 0 Å². The molecule has 0 aromatic heterocycles. The van der Waals surface area contributed by atoms with Gasteiger partial charge in [-0.3, -0.25) is 4.79 Å². The van der Waals surface area contributed by atoms with Gasteiger partial charge in [-0.2, -0.15) is 0 Å². The normalized spacial score (nSPS) is 14.2. The smallest absolute Gasteiger partial charge is 0.337 e. The van der Waals surface area contributed by atoms with E-state index in [1.807, 2.05) is 6.92 Å². The maximum absolute atomic E-state index is 11.7. The largest absolute Gasteiger partial charge is 0.465 e. The van der Waals surface area contributed by atoms with Gasteiger partial charge in [0.2, 0.25) is 5.91 Å². The first kappa shape index (κ1) is 11.6. The Bertz CT molecular complexity index is 464. The van der Waals surface area contributed by atoms with Gasteiger partial charge in [0, 0.05) is 11.6 Å². The summed E-state index contributed by atoms with van der Waals surface area (Å²) in [6.45, 7) is 1.89. The molecule has 0 spiro atoms. The second-order valence-corrected chi connectivity index (χ2v) is 4.28. The number of aryl methyl sites for hydroxylation is 1. The Labute approximate surface area is 100.0 Å². The first-order valence-electron chi connectivity index (χ1n) is 5.61. The van der Waals surface area contributed by atoms with Crippen LogP contribution in [0.25, 0.3) is 0 Å². The van der Waals surface area contributed by atoms with Crippen LogP contribution in [0.5, 0.6) is 0 Å². The van der Waals surface area contributed by atoms with Crippen LogP contribution in [0, 0.1) is 12.8 Å². The standard InChI is InChI=1S/C13H15NO3/c1-8-3-4-10(13(16)17-2)7-11(8)14-12(15)9-5-6-9/h3-4,7,9H,5-6H2,1-2H3,(H,14,15). The Kier molecular flexibility index (Phi) is 3.13. The summed E-state index contributed by atoms with van der Waals surface area (Å²) < 4.78 is 4.64. The number of hydrogen-bond donors (Lipinski definition) is 1. The average molecular weight is 233 g/mol. The number of ether oxygens (including phenoxy) is 1. The van der Waals surface area contributed by atoms with Gasteiger partial charge in [-0.1, -0.05) is 6.07 Å². The molecule has 0 aliphatic heterocycles. The third-order valence-corrected chi connectivity index (χ3v) is 2.86. The highest BCUT2D eigenvalue weighted by Gasteiger charge is 2.29. The van der Waals surface area contributed by atoms with Crippen LogP contribution in [-0.2, 0) is 9.53 Å². The van der Waals surface area contributed by atoms with Crippen LogP contribution in [0.15, 0.2) is 18.2 Å². The van der Waals surface area contributed by atoms with Crippen molar-refractivity contribution >= 4 is 17.6 Å². The number of anilines is 1. The highest BCUT2D eigenvalue weighted by Crippen LogP contribution is 2.30. The van der Waals surface area contributed by atoms with E-state index in [1.54, 1.807) is 18.2 Å². The molecule has 0 bridgehead atoms. The van der Waals surface area contributed by atoms with Crippen molar-refractivity contribution in [1.82, 2.24) is 0 Å². The number of hydrogen-bond acceptors (Lipinski definition) is 3. The van der Waals surface area contributed by atoms with Crippen LogP contribution in [0.4, 0.5) is 5.69 Å². The molecular weight excluding hydrogens is 218 g/mol. The van der Waals surface area contributed by atoms with E-state index in [4.69, 9.17) is 0 Å². The van der Waals surface area contributed by atoms with E-state index < -0.39 is 5.97 Å². The molecule has 2 rings (SSSR count). The second kappa shape index (κ2) is 4.57. The van der Waals surface area contributed by atoms with Gasteiger partial charge in [-0.15, -0.1) is 0 Å². The molecule has 0 unspecified atom stereocenters. The highest BCUT2D eigenvalue weighted by molar-refractivity contribution is 5.97. The number of amides is 1. The summed E-state index contributed by atoms with van der Waals surface area (Å²) in [7, 11) is 1.34. The van der Waals surface area contributed by atoms with E-state index in [9.17, 15) is 9.59 Å². The summed E-state index contributed by atoms with van der Waals surface area (Å²) in [5, 5.41) is 2.84. The maximum atomic E-state index is 11.7. The van der Waals surface area contributed by atoms with Crippen LogP contribution in [0.1, 0.15) is 28.8 Å². The number of methoxy groups -OCH3 is 1. The lowest BCUT2D eigenvalue weighted by atomic mass is 10.1. The van der Waals surface area contributed by atoms with Crippen molar-refractivity contribution in [3.8, 4) is 0 Å². The summed E-state index contributed by atoms with van der Waals surface area (Å²) in [6.07, 6.45) is 1.92. The second-order valence-electron chi connectivity index (χ2n) is 4.28. The number of rotatable bonds is 3. The zero-order valence-corrected chi connectivity index (χ0v) is 9.95. The van der Waals surface area contributed by atoms with Crippen molar-refractivity contribution in [2.75, 3.05) is 12.4 Å². The number of carbonyl (C=O) groups is 2. The van der Waals surface area contributed by atoms with Gasteiger partial charge in [0.15, 0.2) is 0 Å². The van der Waals surface area contributed by atoms with Gasteiger partial charge in [0.1, 0.15) is 0 Å². The monoisotopic (exact) mass is 233 g/mol. The Balaban J connectivity index is 2.19. The van der Waals surface area contributed by atoms with E-state index in [0.717, 1.165) is 18.4 Å². The van der Waals surface area contributed by atoms with Crippen LogP contribution in [0.3, 0.4) is 0 Å². The van der Waals surface area contributed by atoms with E-state index in [-0.39, 0.29) is 11.8 Å². The third-order valence-electron chi connectivity index (χ3n) is 2.86.